The van der Waals surface area contributed by atoms with Gasteiger partial charge in [-0.3, -0.25) is 4.79 Å². The molecule has 6 nitrogen and oxygen atoms in total. The van der Waals surface area contributed by atoms with Gasteiger partial charge in [-0.1, -0.05) is 23.7 Å². The largest absolute Gasteiger partial charge is 0.359 e. The number of ketones is 1. The molecule has 25 heavy (non-hydrogen) atoms. The molecule has 0 fully saturated rings. The molecule has 0 aliphatic carbocycles. The highest BCUT2D eigenvalue weighted by molar-refractivity contribution is 6.30. The van der Waals surface area contributed by atoms with Crippen molar-refractivity contribution in [3.8, 4) is 5.69 Å². The van der Waals surface area contributed by atoms with Crippen LogP contribution < -0.4 is 5.32 Å². The number of hydrogen-bond acceptors (Lipinski definition) is 5. The number of halogens is 1. The topological polar surface area (TPSA) is 72.7 Å². The zero-order chi connectivity index (χ0) is 17.8. The molecule has 0 aliphatic heterocycles. The van der Waals surface area contributed by atoms with Crippen LogP contribution in [-0.2, 0) is 0 Å². The van der Waals surface area contributed by atoms with Gasteiger partial charge in [0.25, 0.3) is 0 Å². The first kappa shape index (κ1) is 16.9. The number of nitrogens with one attached hydrogen (secondary N) is 1. The van der Waals surface area contributed by atoms with E-state index in [1.807, 2.05) is 43.3 Å². The molecular weight excluding hydrogens is 338 g/mol. The fourth-order valence-electron chi connectivity index (χ4n) is 2.32. The lowest BCUT2D eigenvalue weighted by molar-refractivity contribution is 0.101. The molecule has 1 heterocycles. The number of carbonyl (C=O) groups is 1. The molecule has 0 bridgehead atoms. The summed E-state index contributed by atoms with van der Waals surface area (Å²) in [5.41, 5.74) is 3.13. The smallest absolute Gasteiger partial charge is 0.181 e. The molecule has 3 rings (SSSR count). The van der Waals surface area contributed by atoms with Crippen molar-refractivity contribution in [2.75, 3.05) is 5.32 Å². The molecule has 0 spiro atoms. The van der Waals surface area contributed by atoms with Gasteiger partial charge in [0.15, 0.2) is 11.6 Å². The van der Waals surface area contributed by atoms with Crippen LogP contribution in [0.3, 0.4) is 0 Å². The number of carbonyl (C=O) groups excluding carboxylic acids is 1. The molecule has 0 radical (unpaired) electrons. The van der Waals surface area contributed by atoms with Crippen molar-refractivity contribution >= 4 is 29.1 Å². The minimum atomic E-state index is 0.0250. The van der Waals surface area contributed by atoms with E-state index < -0.39 is 0 Å². The zero-order valence-electron chi connectivity index (χ0n) is 13.8. The molecule has 0 saturated carbocycles. The Kier molecular flexibility index (Phi) is 4.90. The number of rotatable bonds is 5. The predicted octanol–water partition coefficient (Wildman–Crippen LogP) is 3.99. The third kappa shape index (κ3) is 4.10. The summed E-state index contributed by atoms with van der Waals surface area (Å²) in [5, 5.41) is 15.7. The molecule has 126 valence electrons. The van der Waals surface area contributed by atoms with Crippen LogP contribution in [0.5, 0.6) is 0 Å². The van der Waals surface area contributed by atoms with Crippen LogP contribution in [0, 0.1) is 0 Å². The first-order valence-corrected chi connectivity index (χ1v) is 8.01. The van der Waals surface area contributed by atoms with Crippen LogP contribution in [0.15, 0.2) is 54.2 Å². The van der Waals surface area contributed by atoms with E-state index in [0.29, 0.717) is 16.4 Å². The highest BCUT2D eigenvalue weighted by atomic mass is 35.5. The SMILES string of the molecule is CC(=O)c1cccc(N/C(C)=C\c2nnnn2-c2ccc(Cl)cc2)c1. The lowest BCUT2D eigenvalue weighted by Gasteiger charge is -2.08. The van der Waals surface area contributed by atoms with Crippen LogP contribution in [0.2, 0.25) is 5.02 Å². The van der Waals surface area contributed by atoms with Gasteiger partial charge >= 0.3 is 0 Å². The van der Waals surface area contributed by atoms with E-state index in [2.05, 4.69) is 20.8 Å². The highest BCUT2D eigenvalue weighted by Gasteiger charge is 2.07. The lowest BCUT2D eigenvalue weighted by Crippen LogP contribution is -2.02. The van der Waals surface area contributed by atoms with Crippen molar-refractivity contribution in [3.05, 3.63) is 70.6 Å². The van der Waals surface area contributed by atoms with Crippen molar-refractivity contribution in [3.63, 3.8) is 0 Å². The first-order chi connectivity index (χ1) is 12.0. The molecule has 7 heteroatoms. The number of Topliss-reactive ketones (excluding diaryl/α,β-unsaturated/α-hetero) is 1. The maximum absolute atomic E-state index is 11.5. The van der Waals surface area contributed by atoms with Gasteiger partial charge in [0.1, 0.15) is 0 Å². The van der Waals surface area contributed by atoms with E-state index in [4.69, 9.17) is 11.6 Å². The average Bonchev–Trinajstić information content (AvgIpc) is 3.03. The summed E-state index contributed by atoms with van der Waals surface area (Å²) in [6, 6.07) is 14.6. The Bertz CT molecular complexity index is 931. The second-order valence-corrected chi connectivity index (χ2v) is 5.95. The molecule has 0 amide bonds. The molecule has 1 aromatic heterocycles. The van der Waals surface area contributed by atoms with E-state index in [1.54, 1.807) is 29.8 Å². The number of hydrogen-bond donors (Lipinski definition) is 1. The van der Waals surface area contributed by atoms with Gasteiger partial charge in [-0.25, -0.2) is 0 Å². The van der Waals surface area contributed by atoms with Crippen molar-refractivity contribution in [2.45, 2.75) is 13.8 Å². The first-order valence-electron chi connectivity index (χ1n) is 7.63. The minimum Gasteiger partial charge on any atom is -0.359 e. The van der Waals surface area contributed by atoms with Crippen LogP contribution in [-0.4, -0.2) is 26.0 Å². The Labute approximate surface area is 150 Å². The zero-order valence-corrected chi connectivity index (χ0v) is 14.5. The summed E-state index contributed by atoms with van der Waals surface area (Å²) in [5.74, 6) is 0.604. The van der Waals surface area contributed by atoms with Crippen LogP contribution >= 0.6 is 11.6 Å². The Hall–Kier alpha value is -2.99. The predicted molar refractivity (Wildman–Crippen MR) is 97.9 cm³/mol. The van der Waals surface area contributed by atoms with Gasteiger partial charge < -0.3 is 5.32 Å². The minimum absolute atomic E-state index is 0.0250. The van der Waals surface area contributed by atoms with Crippen LogP contribution in [0.25, 0.3) is 11.8 Å². The van der Waals surface area contributed by atoms with Gasteiger partial charge in [0, 0.05) is 28.0 Å². The monoisotopic (exact) mass is 353 g/mol. The van der Waals surface area contributed by atoms with Crippen molar-refractivity contribution < 1.29 is 4.79 Å². The number of anilines is 1. The van der Waals surface area contributed by atoms with Crippen molar-refractivity contribution in [1.29, 1.82) is 0 Å². The third-order valence-electron chi connectivity index (χ3n) is 3.52. The molecule has 0 atom stereocenters. The maximum atomic E-state index is 11.5. The van der Waals surface area contributed by atoms with Gasteiger partial charge in [-0.2, -0.15) is 4.68 Å². The van der Waals surface area contributed by atoms with E-state index in [1.165, 1.54) is 0 Å². The number of nitrogens with zero attached hydrogens (tertiary/aromatic N) is 4. The molecule has 1 N–H and O–H groups in total. The molecule has 2 aromatic carbocycles. The van der Waals surface area contributed by atoms with Gasteiger partial charge in [-0.05, 0) is 60.7 Å². The summed E-state index contributed by atoms with van der Waals surface area (Å²) in [4.78, 5) is 11.5. The Morgan fingerprint density at radius 3 is 2.64 bits per heavy atom. The van der Waals surface area contributed by atoms with E-state index in [0.717, 1.165) is 17.1 Å². The standard InChI is InChI=1S/C18H16ClN5O/c1-12(20-16-5-3-4-14(11-16)13(2)25)10-18-21-22-23-24(18)17-8-6-15(19)7-9-17/h3-11,20H,1-2H3/b12-10-. The van der Waals surface area contributed by atoms with Crippen LogP contribution in [0.1, 0.15) is 30.0 Å². The summed E-state index contributed by atoms with van der Waals surface area (Å²) in [6.07, 6.45) is 1.83. The second kappa shape index (κ2) is 7.27. The number of benzene rings is 2. The van der Waals surface area contributed by atoms with Crippen molar-refractivity contribution in [2.24, 2.45) is 0 Å². The summed E-state index contributed by atoms with van der Waals surface area (Å²) >= 11 is 5.92. The number of allylic oxidation sites excluding steroid dienone is 1. The van der Waals surface area contributed by atoms with Gasteiger partial charge in [-0.15, -0.1) is 5.10 Å². The molecule has 0 aliphatic rings. The molecular formula is C18H16ClN5O. The molecule has 0 unspecified atom stereocenters. The Morgan fingerprint density at radius 2 is 1.92 bits per heavy atom. The average molecular weight is 354 g/mol. The van der Waals surface area contributed by atoms with Gasteiger partial charge in [0.2, 0.25) is 0 Å². The number of tetrazole rings is 1. The van der Waals surface area contributed by atoms with E-state index in [-0.39, 0.29) is 5.78 Å². The van der Waals surface area contributed by atoms with Crippen LogP contribution in [0.4, 0.5) is 5.69 Å². The van der Waals surface area contributed by atoms with E-state index >= 15 is 0 Å². The number of aromatic nitrogens is 4. The quantitative estimate of drug-likeness (QED) is 0.702. The third-order valence-corrected chi connectivity index (χ3v) is 3.77. The van der Waals surface area contributed by atoms with Crippen molar-refractivity contribution in [1.82, 2.24) is 20.2 Å². The summed E-state index contributed by atoms with van der Waals surface area (Å²) in [6.45, 7) is 3.45. The fraction of sp³-hybridized carbons (Fsp3) is 0.111. The summed E-state index contributed by atoms with van der Waals surface area (Å²) < 4.78 is 1.62. The second-order valence-electron chi connectivity index (χ2n) is 5.51. The lowest BCUT2D eigenvalue weighted by atomic mass is 10.1. The normalized spacial score (nSPS) is 11.4. The van der Waals surface area contributed by atoms with E-state index in [9.17, 15) is 4.79 Å². The Balaban J connectivity index is 1.84. The Morgan fingerprint density at radius 1 is 1.16 bits per heavy atom. The highest BCUT2D eigenvalue weighted by Crippen LogP contribution is 2.17. The summed E-state index contributed by atoms with van der Waals surface area (Å²) in [7, 11) is 0. The maximum Gasteiger partial charge on any atom is 0.181 e. The molecule has 3 aromatic rings. The van der Waals surface area contributed by atoms with Gasteiger partial charge in [0.05, 0.1) is 5.69 Å². The molecule has 0 saturated heterocycles. The fourth-order valence-corrected chi connectivity index (χ4v) is 2.45.